The van der Waals surface area contributed by atoms with Gasteiger partial charge in [-0.2, -0.15) is 5.10 Å². The Balaban J connectivity index is 1.54. The molecule has 7 nitrogen and oxygen atoms in total. The van der Waals surface area contributed by atoms with Crippen molar-refractivity contribution in [3.8, 4) is 5.69 Å². The molecule has 0 spiro atoms. The first-order valence-electron chi connectivity index (χ1n) is 9.41. The highest BCUT2D eigenvalue weighted by molar-refractivity contribution is 5.92. The number of benzene rings is 2. The monoisotopic (exact) mass is 392 g/mol. The third-order valence-corrected chi connectivity index (χ3v) is 4.33. The van der Waals surface area contributed by atoms with Crippen LogP contribution < -0.4 is 10.6 Å². The maximum absolute atomic E-state index is 12.5. The van der Waals surface area contributed by atoms with Gasteiger partial charge in [-0.25, -0.2) is 14.3 Å². The van der Waals surface area contributed by atoms with Crippen molar-refractivity contribution < 1.29 is 14.3 Å². The van der Waals surface area contributed by atoms with E-state index in [1.165, 1.54) is 0 Å². The molecule has 2 N–H and O–H groups in total. The van der Waals surface area contributed by atoms with Crippen LogP contribution in [0.5, 0.6) is 0 Å². The summed E-state index contributed by atoms with van der Waals surface area (Å²) >= 11 is 0. The van der Waals surface area contributed by atoms with Crippen LogP contribution in [-0.4, -0.2) is 27.8 Å². The molecule has 1 heterocycles. The van der Waals surface area contributed by atoms with Crippen molar-refractivity contribution in [3.05, 3.63) is 78.6 Å². The average molecular weight is 392 g/mol. The van der Waals surface area contributed by atoms with E-state index >= 15 is 0 Å². The van der Waals surface area contributed by atoms with Gasteiger partial charge in [-0.1, -0.05) is 44.2 Å². The van der Waals surface area contributed by atoms with Gasteiger partial charge < -0.3 is 15.4 Å². The number of rotatable bonds is 7. The number of carbonyl (C=O) groups is 2. The first-order valence-corrected chi connectivity index (χ1v) is 9.41. The first-order chi connectivity index (χ1) is 14.0. The molecule has 7 heteroatoms. The van der Waals surface area contributed by atoms with Gasteiger partial charge in [-0.15, -0.1) is 0 Å². The number of para-hydroxylation sites is 1. The molecule has 2 aromatic carbocycles. The number of urea groups is 1. The normalized spacial score (nSPS) is 11.7. The van der Waals surface area contributed by atoms with Crippen LogP contribution in [0, 0.1) is 5.92 Å². The quantitative estimate of drug-likeness (QED) is 0.600. The van der Waals surface area contributed by atoms with Crippen molar-refractivity contribution in [3.63, 3.8) is 0 Å². The fourth-order valence-corrected chi connectivity index (χ4v) is 2.74. The third-order valence-electron chi connectivity index (χ3n) is 4.33. The van der Waals surface area contributed by atoms with Gasteiger partial charge in [-0.3, -0.25) is 0 Å². The molecular weight excluding hydrogens is 368 g/mol. The highest BCUT2D eigenvalue weighted by Gasteiger charge is 2.25. The van der Waals surface area contributed by atoms with Crippen molar-refractivity contribution in [2.45, 2.75) is 26.5 Å². The van der Waals surface area contributed by atoms with Gasteiger partial charge >= 0.3 is 12.0 Å². The van der Waals surface area contributed by atoms with Crippen LogP contribution in [0.4, 0.5) is 10.5 Å². The van der Waals surface area contributed by atoms with E-state index < -0.39 is 18.0 Å². The summed E-state index contributed by atoms with van der Waals surface area (Å²) in [6, 6.07) is 17.3. The molecule has 1 aromatic heterocycles. The molecule has 0 saturated carbocycles. The molecule has 0 aliphatic heterocycles. The van der Waals surface area contributed by atoms with Crippen LogP contribution >= 0.6 is 0 Å². The molecular formula is C22H24N4O3. The molecule has 0 bridgehead atoms. The number of nitrogens with one attached hydrogen (secondary N) is 2. The number of amides is 2. The summed E-state index contributed by atoms with van der Waals surface area (Å²) in [5.74, 6) is -0.592. The second-order valence-corrected chi connectivity index (χ2v) is 6.91. The minimum absolute atomic E-state index is 0.119. The fourth-order valence-electron chi connectivity index (χ4n) is 2.74. The van der Waals surface area contributed by atoms with Crippen LogP contribution in [0.3, 0.4) is 0 Å². The molecule has 0 aliphatic carbocycles. The van der Waals surface area contributed by atoms with Crippen molar-refractivity contribution >= 4 is 17.7 Å². The zero-order valence-corrected chi connectivity index (χ0v) is 16.4. The van der Waals surface area contributed by atoms with Crippen LogP contribution in [0.2, 0.25) is 0 Å². The van der Waals surface area contributed by atoms with E-state index in [2.05, 4.69) is 15.7 Å². The van der Waals surface area contributed by atoms with E-state index in [9.17, 15) is 9.59 Å². The molecule has 1 atom stereocenters. The summed E-state index contributed by atoms with van der Waals surface area (Å²) in [5, 5.41) is 9.58. The van der Waals surface area contributed by atoms with Gasteiger partial charge in [0.15, 0.2) is 0 Å². The van der Waals surface area contributed by atoms with Crippen molar-refractivity contribution in [2.75, 3.05) is 5.32 Å². The smallest absolute Gasteiger partial charge is 0.329 e. The van der Waals surface area contributed by atoms with E-state index in [4.69, 9.17) is 4.74 Å². The van der Waals surface area contributed by atoms with Crippen LogP contribution in [-0.2, 0) is 16.1 Å². The average Bonchev–Trinajstić information content (AvgIpc) is 3.26. The van der Waals surface area contributed by atoms with E-state index in [0.717, 1.165) is 11.3 Å². The molecule has 0 fully saturated rings. The van der Waals surface area contributed by atoms with Crippen molar-refractivity contribution in [1.82, 2.24) is 15.1 Å². The van der Waals surface area contributed by atoms with Crippen LogP contribution in [0.1, 0.15) is 19.4 Å². The molecule has 29 heavy (non-hydrogen) atoms. The number of anilines is 1. The summed E-state index contributed by atoms with van der Waals surface area (Å²) in [4.78, 5) is 24.7. The van der Waals surface area contributed by atoms with E-state index in [0.29, 0.717) is 5.69 Å². The number of hydrogen-bond acceptors (Lipinski definition) is 4. The Hall–Kier alpha value is -3.61. The van der Waals surface area contributed by atoms with Gasteiger partial charge in [0, 0.05) is 18.1 Å². The lowest BCUT2D eigenvalue weighted by Gasteiger charge is -2.21. The van der Waals surface area contributed by atoms with Crippen molar-refractivity contribution in [1.29, 1.82) is 0 Å². The number of ether oxygens (including phenoxy) is 1. The summed E-state index contributed by atoms with van der Waals surface area (Å²) < 4.78 is 7.18. The maximum atomic E-state index is 12.5. The summed E-state index contributed by atoms with van der Waals surface area (Å²) in [7, 11) is 0. The highest BCUT2D eigenvalue weighted by Crippen LogP contribution is 2.12. The van der Waals surface area contributed by atoms with Gasteiger partial charge in [-0.05, 0) is 41.8 Å². The van der Waals surface area contributed by atoms with Gasteiger partial charge in [0.05, 0.1) is 5.69 Å². The Morgan fingerprint density at radius 3 is 2.38 bits per heavy atom. The van der Waals surface area contributed by atoms with E-state index in [-0.39, 0.29) is 12.5 Å². The largest absolute Gasteiger partial charge is 0.459 e. The Bertz CT molecular complexity index is 922. The standard InChI is InChI=1S/C22H24N4O3/c1-16(2)20(25-22(28)24-18-7-4-3-5-8-18)21(27)29-15-17-9-11-19(12-10-17)26-14-6-13-23-26/h3-14,16,20H,15H2,1-2H3,(H2,24,25,28). The first kappa shape index (κ1) is 20.1. The Kier molecular flexibility index (Phi) is 6.63. The third kappa shape index (κ3) is 5.68. The lowest BCUT2D eigenvalue weighted by molar-refractivity contribution is -0.148. The molecule has 2 amide bonds. The Morgan fingerprint density at radius 1 is 1.03 bits per heavy atom. The van der Waals surface area contributed by atoms with E-state index in [1.54, 1.807) is 23.0 Å². The molecule has 0 aliphatic rings. The number of hydrogen-bond donors (Lipinski definition) is 2. The van der Waals surface area contributed by atoms with Crippen LogP contribution in [0.15, 0.2) is 73.1 Å². The van der Waals surface area contributed by atoms with Gasteiger partial charge in [0.25, 0.3) is 0 Å². The lowest BCUT2D eigenvalue weighted by atomic mass is 10.1. The Morgan fingerprint density at radius 2 is 1.76 bits per heavy atom. The van der Waals surface area contributed by atoms with Gasteiger partial charge in [0.1, 0.15) is 12.6 Å². The summed E-state index contributed by atoms with van der Waals surface area (Å²) in [6.07, 6.45) is 3.57. The molecule has 0 radical (unpaired) electrons. The Labute approximate surface area is 169 Å². The molecule has 3 rings (SSSR count). The molecule has 1 unspecified atom stereocenters. The second-order valence-electron chi connectivity index (χ2n) is 6.91. The van der Waals surface area contributed by atoms with E-state index in [1.807, 2.05) is 68.6 Å². The van der Waals surface area contributed by atoms with Gasteiger partial charge in [0.2, 0.25) is 0 Å². The lowest BCUT2D eigenvalue weighted by Crippen LogP contribution is -2.47. The fraction of sp³-hybridized carbons (Fsp3) is 0.227. The molecule has 0 saturated heterocycles. The number of nitrogens with zero attached hydrogens (tertiary/aromatic N) is 2. The predicted octanol–water partition coefficient (Wildman–Crippen LogP) is 3.76. The minimum Gasteiger partial charge on any atom is -0.459 e. The zero-order valence-electron chi connectivity index (χ0n) is 16.4. The van der Waals surface area contributed by atoms with Crippen molar-refractivity contribution in [2.24, 2.45) is 5.92 Å². The zero-order chi connectivity index (χ0) is 20.6. The predicted molar refractivity (Wildman–Crippen MR) is 111 cm³/mol. The minimum atomic E-state index is -0.748. The maximum Gasteiger partial charge on any atom is 0.329 e. The highest BCUT2D eigenvalue weighted by atomic mass is 16.5. The molecule has 3 aromatic rings. The molecule has 150 valence electrons. The summed E-state index contributed by atoms with van der Waals surface area (Å²) in [6.45, 7) is 3.84. The number of esters is 1. The number of aromatic nitrogens is 2. The van der Waals surface area contributed by atoms with Crippen LogP contribution in [0.25, 0.3) is 5.69 Å². The SMILES string of the molecule is CC(C)C(NC(=O)Nc1ccccc1)C(=O)OCc1ccc(-n2cccn2)cc1. The number of carbonyl (C=O) groups excluding carboxylic acids is 2. The summed E-state index contributed by atoms with van der Waals surface area (Å²) in [5.41, 5.74) is 2.42. The topological polar surface area (TPSA) is 85.3 Å². The second kappa shape index (κ2) is 9.54.